The molecule has 0 fully saturated rings. The van der Waals surface area contributed by atoms with Gasteiger partial charge in [0, 0.05) is 6.08 Å². The van der Waals surface area contributed by atoms with Crippen LogP contribution in [-0.4, -0.2) is 41.2 Å². The first-order chi connectivity index (χ1) is 12.6. The number of hydrogen-bond donors (Lipinski definition) is 1. The Morgan fingerprint density at radius 1 is 1.35 bits per heavy atom. The number of nitrogens with one attached hydrogen (secondary N) is 1. The minimum Gasteiger partial charge on any atom is -0.465 e. The number of anilines is 1. The third kappa shape index (κ3) is 4.96. The van der Waals surface area contributed by atoms with E-state index in [1.165, 1.54) is 29.2 Å². The zero-order valence-corrected chi connectivity index (χ0v) is 15.4. The molecule has 26 heavy (non-hydrogen) atoms. The topological polar surface area (TPSA) is 99.6 Å². The van der Waals surface area contributed by atoms with Crippen LogP contribution in [0.2, 0.25) is 0 Å². The number of fused-ring (bicyclic) bond motifs is 1. The van der Waals surface area contributed by atoms with Crippen LogP contribution in [-0.2, 0) is 14.3 Å². The standard InChI is InChI=1S/C16H15N3O5S2/c1-2-22-14(21)8-25-16-19-18-15(26-16)17-13(20)6-4-10-3-5-11-12(7-10)24-9-23-11/h3-7H,2,8-9H2,1H3,(H,17,18,20)/b6-4+. The van der Waals surface area contributed by atoms with Crippen LogP contribution in [0.25, 0.3) is 6.08 Å². The van der Waals surface area contributed by atoms with Gasteiger partial charge in [0.25, 0.3) is 0 Å². The normalized spacial score (nSPS) is 12.3. The molecule has 2 heterocycles. The summed E-state index contributed by atoms with van der Waals surface area (Å²) < 4.78 is 15.9. The summed E-state index contributed by atoms with van der Waals surface area (Å²) in [4.78, 5) is 23.3. The molecular weight excluding hydrogens is 378 g/mol. The summed E-state index contributed by atoms with van der Waals surface area (Å²) in [5, 5.41) is 10.8. The number of esters is 1. The summed E-state index contributed by atoms with van der Waals surface area (Å²) in [6.07, 6.45) is 3.05. The fraction of sp³-hybridized carbons (Fsp3) is 0.250. The van der Waals surface area contributed by atoms with Gasteiger partial charge >= 0.3 is 5.97 Å². The monoisotopic (exact) mass is 393 g/mol. The summed E-state index contributed by atoms with van der Waals surface area (Å²) in [6.45, 7) is 2.29. The first kappa shape index (κ1) is 18.2. The molecule has 8 nitrogen and oxygen atoms in total. The molecule has 1 aliphatic heterocycles. The third-order valence-electron chi connectivity index (χ3n) is 3.08. The molecule has 1 aromatic carbocycles. The average molecular weight is 393 g/mol. The van der Waals surface area contributed by atoms with E-state index >= 15 is 0 Å². The number of ether oxygens (including phenoxy) is 3. The summed E-state index contributed by atoms with van der Waals surface area (Å²) >= 11 is 2.40. The van der Waals surface area contributed by atoms with E-state index in [4.69, 9.17) is 14.2 Å². The van der Waals surface area contributed by atoms with Gasteiger partial charge in [-0.3, -0.25) is 14.9 Å². The predicted molar refractivity (Wildman–Crippen MR) is 97.5 cm³/mol. The van der Waals surface area contributed by atoms with Gasteiger partial charge in [0.05, 0.1) is 12.4 Å². The number of rotatable bonds is 7. The Balaban J connectivity index is 1.51. The minimum atomic E-state index is -0.333. The van der Waals surface area contributed by atoms with E-state index < -0.39 is 0 Å². The van der Waals surface area contributed by atoms with Crippen LogP contribution in [0.15, 0.2) is 28.6 Å². The van der Waals surface area contributed by atoms with E-state index in [2.05, 4.69) is 15.5 Å². The van der Waals surface area contributed by atoms with Crippen molar-refractivity contribution in [1.82, 2.24) is 10.2 Å². The maximum absolute atomic E-state index is 12.0. The van der Waals surface area contributed by atoms with E-state index in [0.29, 0.717) is 27.6 Å². The van der Waals surface area contributed by atoms with Gasteiger partial charge in [-0.25, -0.2) is 0 Å². The van der Waals surface area contributed by atoms with Gasteiger partial charge in [-0.15, -0.1) is 10.2 Å². The van der Waals surface area contributed by atoms with Crippen molar-refractivity contribution >= 4 is 46.2 Å². The van der Waals surface area contributed by atoms with Crippen LogP contribution in [0.4, 0.5) is 5.13 Å². The number of hydrogen-bond acceptors (Lipinski definition) is 9. The Kier molecular flexibility index (Phi) is 6.08. The molecule has 0 saturated heterocycles. The lowest BCUT2D eigenvalue weighted by Gasteiger charge is -1.98. The molecule has 0 bridgehead atoms. The number of nitrogens with zero attached hydrogens (tertiary/aromatic N) is 2. The van der Waals surface area contributed by atoms with Gasteiger partial charge in [0.1, 0.15) is 0 Å². The Morgan fingerprint density at radius 3 is 3.04 bits per heavy atom. The maximum atomic E-state index is 12.0. The van der Waals surface area contributed by atoms with Crippen molar-refractivity contribution in [1.29, 1.82) is 0 Å². The summed E-state index contributed by atoms with van der Waals surface area (Å²) in [6, 6.07) is 5.41. The highest BCUT2D eigenvalue weighted by Gasteiger charge is 2.13. The number of thioether (sulfide) groups is 1. The van der Waals surface area contributed by atoms with Gasteiger partial charge in [-0.2, -0.15) is 0 Å². The molecule has 0 saturated carbocycles. The molecule has 136 valence electrons. The van der Waals surface area contributed by atoms with E-state index in [0.717, 1.165) is 5.56 Å². The second-order valence-electron chi connectivity index (χ2n) is 4.90. The molecule has 3 rings (SSSR count). The van der Waals surface area contributed by atoms with E-state index in [9.17, 15) is 9.59 Å². The molecule has 2 aromatic rings. The zero-order valence-electron chi connectivity index (χ0n) is 13.8. The fourth-order valence-corrected chi connectivity index (χ4v) is 3.53. The van der Waals surface area contributed by atoms with E-state index in [-0.39, 0.29) is 24.4 Å². The van der Waals surface area contributed by atoms with Crippen LogP contribution in [0, 0.1) is 0 Å². The van der Waals surface area contributed by atoms with E-state index in [1.807, 2.05) is 6.07 Å². The van der Waals surface area contributed by atoms with Crippen molar-refractivity contribution in [2.24, 2.45) is 0 Å². The summed E-state index contributed by atoms with van der Waals surface area (Å²) in [5.74, 6) is 0.847. The number of carbonyl (C=O) groups is 2. The lowest BCUT2D eigenvalue weighted by molar-refractivity contribution is -0.139. The molecule has 0 radical (unpaired) electrons. The van der Waals surface area contributed by atoms with Crippen molar-refractivity contribution in [3.8, 4) is 11.5 Å². The second-order valence-corrected chi connectivity index (χ2v) is 7.10. The van der Waals surface area contributed by atoms with Gasteiger partial charge < -0.3 is 14.2 Å². The highest BCUT2D eigenvalue weighted by molar-refractivity contribution is 8.01. The molecule has 0 spiro atoms. The molecular formula is C16H15N3O5S2. The largest absolute Gasteiger partial charge is 0.465 e. The highest BCUT2D eigenvalue weighted by Crippen LogP contribution is 2.32. The first-order valence-electron chi connectivity index (χ1n) is 7.64. The lowest BCUT2D eigenvalue weighted by Crippen LogP contribution is -2.07. The Morgan fingerprint density at radius 2 is 2.19 bits per heavy atom. The molecule has 0 aliphatic carbocycles. The number of aromatic nitrogens is 2. The molecule has 0 atom stereocenters. The van der Waals surface area contributed by atoms with E-state index in [1.54, 1.807) is 25.1 Å². The van der Waals surface area contributed by atoms with Gasteiger partial charge in [0.2, 0.25) is 17.8 Å². The van der Waals surface area contributed by atoms with Crippen molar-refractivity contribution in [2.75, 3.05) is 24.5 Å². The fourth-order valence-electron chi connectivity index (χ4n) is 1.98. The van der Waals surface area contributed by atoms with Crippen LogP contribution in [0.1, 0.15) is 12.5 Å². The quantitative estimate of drug-likeness (QED) is 0.332. The highest BCUT2D eigenvalue weighted by atomic mass is 32.2. The molecule has 1 amide bonds. The van der Waals surface area contributed by atoms with Gasteiger partial charge in [-0.05, 0) is 30.7 Å². The van der Waals surface area contributed by atoms with Crippen LogP contribution >= 0.6 is 23.1 Å². The molecule has 1 N–H and O–H groups in total. The maximum Gasteiger partial charge on any atom is 0.316 e. The number of carbonyl (C=O) groups excluding carboxylic acids is 2. The zero-order chi connectivity index (χ0) is 18.4. The summed E-state index contributed by atoms with van der Waals surface area (Å²) in [5.41, 5.74) is 0.812. The van der Waals surface area contributed by atoms with Crippen molar-refractivity contribution in [2.45, 2.75) is 11.3 Å². The third-order valence-corrected chi connectivity index (χ3v) is 5.02. The smallest absolute Gasteiger partial charge is 0.316 e. The van der Waals surface area contributed by atoms with Crippen molar-refractivity contribution < 1.29 is 23.8 Å². The van der Waals surface area contributed by atoms with Crippen LogP contribution in [0.5, 0.6) is 11.5 Å². The average Bonchev–Trinajstić information content (AvgIpc) is 3.27. The molecule has 1 aromatic heterocycles. The number of amides is 1. The molecule has 10 heteroatoms. The molecule has 1 aliphatic rings. The summed E-state index contributed by atoms with van der Waals surface area (Å²) in [7, 11) is 0. The Bertz CT molecular complexity index is 837. The number of benzene rings is 1. The van der Waals surface area contributed by atoms with Crippen molar-refractivity contribution in [3.63, 3.8) is 0 Å². The van der Waals surface area contributed by atoms with Gasteiger partial charge in [-0.1, -0.05) is 29.2 Å². The van der Waals surface area contributed by atoms with Gasteiger partial charge in [0.15, 0.2) is 15.8 Å². The Hall–Kier alpha value is -2.59. The second kappa shape index (κ2) is 8.68. The first-order valence-corrected chi connectivity index (χ1v) is 9.45. The van der Waals surface area contributed by atoms with Crippen LogP contribution < -0.4 is 14.8 Å². The van der Waals surface area contributed by atoms with Crippen molar-refractivity contribution in [3.05, 3.63) is 29.8 Å². The minimum absolute atomic E-state index is 0.153. The Labute approximate surface area is 157 Å². The SMILES string of the molecule is CCOC(=O)CSc1nnc(NC(=O)/C=C/c2ccc3c(c2)OCO3)s1. The molecule has 0 unspecified atom stereocenters. The lowest BCUT2D eigenvalue weighted by atomic mass is 10.2. The van der Waals surface area contributed by atoms with Crippen LogP contribution in [0.3, 0.4) is 0 Å². The predicted octanol–water partition coefficient (Wildman–Crippen LogP) is 2.57.